The summed E-state index contributed by atoms with van der Waals surface area (Å²) in [5.74, 6) is 2.66. The molecule has 1 spiro atoms. The molecule has 2 unspecified atom stereocenters. The topological polar surface area (TPSA) is 16.4 Å². The summed E-state index contributed by atoms with van der Waals surface area (Å²) in [7, 11) is 0. The van der Waals surface area contributed by atoms with E-state index in [4.69, 9.17) is 4.42 Å². The van der Waals surface area contributed by atoms with Crippen LogP contribution in [0.5, 0.6) is 0 Å². The first-order valence-electron chi connectivity index (χ1n) is 25.8. The average Bonchev–Trinajstić information content (AvgIpc) is 3.68. The largest absolute Gasteiger partial charge is 0.456 e. The highest BCUT2D eigenvalue weighted by Crippen LogP contribution is 2.76. The summed E-state index contributed by atoms with van der Waals surface area (Å²) in [6.07, 6.45) is 6.49. The number of fused-ring (bicyclic) bond motifs is 5. The summed E-state index contributed by atoms with van der Waals surface area (Å²) in [6, 6.07) is 84.7. The van der Waals surface area contributed by atoms with Crippen LogP contribution in [-0.4, -0.2) is 0 Å². The Morgan fingerprint density at radius 3 is 1.81 bits per heavy atom. The average molecular weight is 904 g/mol. The zero-order valence-corrected chi connectivity index (χ0v) is 40.1. The number of nitrogens with zero attached hydrogens (tertiary/aromatic N) is 1. The second-order valence-electron chi connectivity index (χ2n) is 21.5. The Hall–Kier alpha value is -7.42. The normalized spacial score (nSPS) is 23.8. The van der Waals surface area contributed by atoms with Crippen LogP contribution in [0, 0.1) is 23.7 Å². The van der Waals surface area contributed by atoms with Gasteiger partial charge < -0.3 is 9.32 Å². The van der Waals surface area contributed by atoms with Crippen molar-refractivity contribution in [1.29, 1.82) is 0 Å². The van der Waals surface area contributed by atoms with Gasteiger partial charge in [-0.1, -0.05) is 190 Å². The molecule has 1 aromatic heterocycles. The molecule has 15 rings (SSSR count). The van der Waals surface area contributed by atoms with Crippen molar-refractivity contribution in [3.8, 4) is 22.3 Å². The smallest absolute Gasteiger partial charge is 0.136 e. The number of rotatable bonds is 7. The Balaban J connectivity index is 1.04. The van der Waals surface area contributed by atoms with Crippen LogP contribution in [0.3, 0.4) is 0 Å². The lowest BCUT2D eigenvalue weighted by Gasteiger charge is -2.66. The number of hydrogen-bond acceptors (Lipinski definition) is 2. The fourth-order valence-corrected chi connectivity index (χ4v) is 15.4. The van der Waals surface area contributed by atoms with Gasteiger partial charge in [0.15, 0.2) is 0 Å². The first-order chi connectivity index (χ1) is 34.4. The molecule has 0 amide bonds. The standard InChI is InChI=1S/C68H57NO/c1-45-38-46-40-52(39-45)67-44-53(41-46)66(67,2)59-26-14-15-27-60(59)68(50-20-8-4-9-21-50,51-22-10-5-11-23-51)61-37-35-55(43-62(61)67)69(63-28-16-12-24-56(63)48-18-6-3-7-19-48)54-33-30-47(31-34-54)49-32-36-58-57-25-13-17-29-64(57)70-65(58)42-49/h3-37,42-43,45-46,52-53H,38-41,44H2,1-2H3/t45?,46-,52+,53+,66+,67?/m1/s1. The highest BCUT2D eigenvalue weighted by molar-refractivity contribution is 6.06. The van der Waals surface area contributed by atoms with E-state index in [0.717, 1.165) is 44.7 Å². The maximum Gasteiger partial charge on any atom is 0.136 e. The van der Waals surface area contributed by atoms with Crippen molar-refractivity contribution in [2.24, 2.45) is 23.7 Å². The van der Waals surface area contributed by atoms with Crippen LogP contribution in [0.4, 0.5) is 17.1 Å². The molecule has 2 heteroatoms. The second kappa shape index (κ2) is 15.8. The van der Waals surface area contributed by atoms with E-state index in [9.17, 15) is 0 Å². The SMILES string of the molecule is CC1C[C@@H]2C[C@H](C1)C13C[C@H](C2)[C@@]1(C)c1ccccc1C(c1ccccc1)(c1ccccc1)c1ccc(N(c2ccc(-c4ccc5c(c4)oc4ccccc45)cc2)c2ccccc2-c2ccccc2)cc13. The highest BCUT2D eigenvalue weighted by Gasteiger charge is 2.72. The second-order valence-corrected chi connectivity index (χ2v) is 21.5. The van der Waals surface area contributed by atoms with Crippen LogP contribution >= 0.6 is 0 Å². The monoisotopic (exact) mass is 903 g/mol. The third-order valence-electron chi connectivity index (χ3n) is 18.2. The molecule has 1 heterocycles. The van der Waals surface area contributed by atoms with Crippen molar-refractivity contribution in [3.05, 3.63) is 258 Å². The zero-order chi connectivity index (χ0) is 46.6. The van der Waals surface area contributed by atoms with Crippen LogP contribution in [0.15, 0.2) is 229 Å². The minimum atomic E-state index is -0.543. The van der Waals surface area contributed by atoms with Crippen molar-refractivity contribution in [3.63, 3.8) is 0 Å². The molecular weight excluding hydrogens is 847 g/mol. The summed E-state index contributed by atoms with van der Waals surface area (Å²) >= 11 is 0. The van der Waals surface area contributed by atoms with Crippen molar-refractivity contribution >= 4 is 39.0 Å². The van der Waals surface area contributed by atoms with E-state index in [1.54, 1.807) is 11.1 Å². The predicted molar refractivity (Wildman–Crippen MR) is 289 cm³/mol. The van der Waals surface area contributed by atoms with Gasteiger partial charge in [-0.25, -0.2) is 0 Å². The minimum absolute atomic E-state index is 0.0544. The van der Waals surface area contributed by atoms with Crippen molar-refractivity contribution in [2.75, 3.05) is 4.90 Å². The lowest BCUT2D eigenvalue weighted by atomic mass is 9.37. The molecule has 0 radical (unpaired) electrons. The first kappa shape index (κ1) is 41.5. The molecule has 340 valence electrons. The van der Waals surface area contributed by atoms with Crippen LogP contribution in [-0.2, 0) is 16.2 Å². The van der Waals surface area contributed by atoms with Crippen molar-refractivity contribution in [1.82, 2.24) is 0 Å². The molecule has 0 N–H and O–H groups in total. The van der Waals surface area contributed by atoms with Gasteiger partial charge in [0.05, 0.1) is 11.1 Å². The van der Waals surface area contributed by atoms with E-state index in [1.807, 2.05) is 6.07 Å². The number of benzene rings is 9. The van der Waals surface area contributed by atoms with E-state index in [2.05, 4.69) is 237 Å². The molecule has 9 aromatic carbocycles. The van der Waals surface area contributed by atoms with Gasteiger partial charge in [-0.05, 0) is 154 Å². The van der Waals surface area contributed by atoms with E-state index in [-0.39, 0.29) is 10.8 Å². The van der Waals surface area contributed by atoms with E-state index in [0.29, 0.717) is 17.8 Å². The van der Waals surface area contributed by atoms with Gasteiger partial charge in [0.2, 0.25) is 0 Å². The van der Waals surface area contributed by atoms with E-state index >= 15 is 0 Å². The lowest BCUT2D eigenvalue weighted by molar-refractivity contribution is -0.0349. The number of anilines is 3. The molecule has 6 atom stereocenters. The van der Waals surface area contributed by atoms with Crippen LogP contribution in [0.2, 0.25) is 0 Å². The Morgan fingerprint density at radius 1 is 0.443 bits per heavy atom. The third-order valence-corrected chi connectivity index (χ3v) is 18.2. The fraction of sp³-hybridized carbons (Fsp3) is 0.206. The van der Waals surface area contributed by atoms with Gasteiger partial charge in [0.25, 0.3) is 0 Å². The Morgan fingerprint density at radius 2 is 1.04 bits per heavy atom. The lowest BCUT2D eigenvalue weighted by Crippen LogP contribution is -2.65. The first-order valence-corrected chi connectivity index (χ1v) is 25.8. The van der Waals surface area contributed by atoms with Crippen LogP contribution in [0.25, 0.3) is 44.2 Å². The molecule has 4 bridgehead atoms. The van der Waals surface area contributed by atoms with E-state index < -0.39 is 5.41 Å². The summed E-state index contributed by atoms with van der Waals surface area (Å²) in [6.45, 7) is 5.27. The summed E-state index contributed by atoms with van der Waals surface area (Å²) in [4.78, 5) is 2.56. The minimum Gasteiger partial charge on any atom is -0.456 e. The van der Waals surface area contributed by atoms with Gasteiger partial charge in [0.1, 0.15) is 11.2 Å². The van der Waals surface area contributed by atoms with Gasteiger partial charge >= 0.3 is 0 Å². The summed E-state index contributed by atoms with van der Waals surface area (Å²) < 4.78 is 6.38. The maximum atomic E-state index is 6.38. The van der Waals surface area contributed by atoms with Gasteiger partial charge in [0, 0.05) is 38.5 Å². The van der Waals surface area contributed by atoms with Crippen LogP contribution < -0.4 is 4.90 Å². The number of hydrogen-bond donors (Lipinski definition) is 0. The van der Waals surface area contributed by atoms with Gasteiger partial charge in [-0.2, -0.15) is 0 Å². The summed E-state index contributed by atoms with van der Waals surface area (Å²) in [5.41, 5.74) is 18.0. The van der Waals surface area contributed by atoms with Crippen molar-refractivity contribution < 1.29 is 4.42 Å². The molecule has 0 aliphatic heterocycles. The zero-order valence-electron chi connectivity index (χ0n) is 40.1. The Labute approximate surface area is 412 Å². The third kappa shape index (κ3) is 5.86. The predicted octanol–water partition coefficient (Wildman–Crippen LogP) is 17.8. The molecule has 4 saturated carbocycles. The van der Waals surface area contributed by atoms with Crippen molar-refractivity contribution in [2.45, 2.75) is 62.2 Å². The molecule has 4 fully saturated rings. The number of para-hydroxylation sites is 2. The molecule has 2 nitrogen and oxygen atoms in total. The molecule has 10 aromatic rings. The molecule has 70 heavy (non-hydrogen) atoms. The highest BCUT2D eigenvalue weighted by atomic mass is 16.3. The van der Waals surface area contributed by atoms with Crippen LogP contribution in [0.1, 0.15) is 79.3 Å². The van der Waals surface area contributed by atoms with Gasteiger partial charge in [-0.3, -0.25) is 0 Å². The quantitative estimate of drug-likeness (QED) is 0.158. The molecular formula is C68H57NO. The summed E-state index contributed by atoms with van der Waals surface area (Å²) in [5, 5.41) is 2.30. The Bertz CT molecular complexity index is 3550. The van der Waals surface area contributed by atoms with Gasteiger partial charge in [-0.15, -0.1) is 0 Å². The molecule has 5 aliphatic rings. The maximum absolute atomic E-state index is 6.38. The van der Waals surface area contributed by atoms with E-state index in [1.165, 1.54) is 76.9 Å². The Kier molecular flexibility index (Phi) is 9.38. The molecule has 5 aliphatic carbocycles. The number of furan rings is 1. The fourth-order valence-electron chi connectivity index (χ4n) is 15.4. The molecule has 0 saturated heterocycles.